The topological polar surface area (TPSA) is 65.0 Å². The van der Waals surface area contributed by atoms with Gasteiger partial charge in [-0.05, 0) is 39.0 Å². The van der Waals surface area contributed by atoms with Crippen molar-refractivity contribution in [3.63, 3.8) is 0 Å². The molecule has 1 fully saturated rings. The van der Waals surface area contributed by atoms with E-state index in [4.69, 9.17) is 0 Å². The summed E-state index contributed by atoms with van der Waals surface area (Å²) in [4.78, 5) is 8.09. The monoisotopic (exact) mass is 562 g/mol. The standard InChI is InChI=1S/C19H29F3N4O2S.HI/c1-18(2,3)29(27,28)13-8-24-17(23-4)26-11-9-25(10-12-26)16-7-5-6-15(14-16)19(20,21)22;/h5-7,14H,8-13H2,1-4H3,(H,23,24);1H. The first kappa shape index (κ1) is 26.8. The quantitative estimate of drug-likeness (QED) is 0.347. The minimum atomic E-state index is -4.36. The number of sulfone groups is 1. The Morgan fingerprint density at radius 1 is 1.13 bits per heavy atom. The highest BCUT2D eigenvalue weighted by atomic mass is 127. The smallest absolute Gasteiger partial charge is 0.368 e. The summed E-state index contributed by atoms with van der Waals surface area (Å²) < 4.78 is 62.4. The minimum absolute atomic E-state index is 0. The molecule has 0 radical (unpaired) electrons. The lowest BCUT2D eigenvalue weighted by molar-refractivity contribution is -0.137. The number of benzene rings is 1. The number of guanidine groups is 1. The number of hydrogen-bond donors (Lipinski definition) is 1. The van der Waals surface area contributed by atoms with Crippen LogP contribution in [0.4, 0.5) is 18.9 Å². The summed E-state index contributed by atoms with van der Waals surface area (Å²) in [7, 11) is -1.60. The molecule has 30 heavy (non-hydrogen) atoms. The van der Waals surface area contributed by atoms with Crippen LogP contribution in [0.5, 0.6) is 0 Å². The van der Waals surface area contributed by atoms with Gasteiger partial charge in [-0.1, -0.05) is 6.07 Å². The van der Waals surface area contributed by atoms with Gasteiger partial charge in [0.1, 0.15) is 0 Å². The van der Waals surface area contributed by atoms with Crippen LogP contribution >= 0.6 is 24.0 Å². The van der Waals surface area contributed by atoms with Gasteiger partial charge in [-0.15, -0.1) is 24.0 Å². The highest BCUT2D eigenvalue weighted by molar-refractivity contribution is 14.0. The average molecular weight is 562 g/mol. The number of aliphatic imine (C=N–C) groups is 1. The van der Waals surface area contributed by atoms with Crippen LogP contribution in [0.1, 0.15) is 26.3 Å². The number of piperazine rings is 1. The van der Waals surface area contributed by atoms with E-state index in [0.717, 1.165) is 6.07 Å². The Bertz CT molecular complexity index is 831. The molecule has 1 saturated heterocycles. The molecule has 0 unspecified atom stereocenters. The second kappa shape index (κ2) is 10.4. The van der Waals surface area contributed by atoms with Crippen LogP contribution in [-0.2, 0) is 16.0 Å². The van der Waals surface area contributed by atoms with Gasteiger partial charge in [0.2, 0.25) is 0 Å². The molecule has 11 heteroatoms. The second-order valence-corrected chi connectivity index (χ2v) is 10.8. The third-order valence-corrected chi connectivity index (χ3v) is 7.52. The van der Waals surface area contributed by atoms with Crippen molar-refractivity contribution in [2.75, 3.05) is 50.4 Å². The predicted molar refractivity (Wildman–Crippen MR) is 126 cm³/mol. The normalized spacial score (nSPS) is 16.3. The zero-order valence-electron chi connectivity index (χ0n) is 17.7. The molecule has 1 aromatic rings. The number of alkyl halides is 3. The van der Waals surface area contributed by atoms with Crippen molar-refractivity contribution in [3.05, 3.63) is 29.8 Å². The van der Waals surface area contributed by atoms with Crippen LogP contribution < -0.4 is 10.2 Å². The number of nitrogens with one attached hydrogen (secondary N) is 1. The largest absolute Gasteiger partial charge is 0.416 e. The van der Waals surface area contributed by atoms with E-state index < -0.39 is 26.3 Å². The van der Waals surface area contributed by atoms with Crippen molar-refractivity contribution in [1.29, 1.82) is 0 Å². The maximum absolute atomic E-state index is 12.9. The molecule has 0 amide bonds. The molecule has 2 rings (SSSR count). The molecule has 0 aliphatic carbocycles. The Morgan fingerprint density at radius 2 is 1.73 bits per heavy atom. The summed E-state index contributed by atoms with van der Waals surface area (Å²) in [6, 6.07) is 5.33. The SMILES string of the molecule is CN=C(NCCS(=O)(=O)C(C)(C)C)N1CCN(c2cccc(C(F)(F)F)c2)CC1.I. The van der Waals surface area contributed by atoms with Crippen molar-refractivity contribution in [3.8, 4) is 0 Å². The molecule has 6 nitrogen and oxygen atoms in total. The number of rotatable bonds is 4. The third-order valence-electron chi connectivity index (χ3n) is 4.92. The van der Waals surface area contributed by atoms with E-state index in [0.29, 0.717) is 37.8 Å². The van der Waals surface area contributed by atoms with Crippen LogP contribution in [0.15, 0.2) is 29.3 Å². The summed E-state index contributed by atoms with van der Waals surface area (Å²) >= 11 is 0. The maximum atomic E-state index is 12.9. The summed E-state index contributed by atoms with van der Waals surface area (Å²) in [6.07, 6.45) is -4.36. The highest BCUT2D eigenvalue weighted by Crippen LogP contribution is 2.31. The van der Waals surface area contributed by atoms with Gasteiger partial charge in [0.25, 0.3) is 0 Å². The molecule has 0 spiro atoms. The first-order valence-corrected chi connectivity index (χ1v) is 11.1. The molecule has 1 aliphatic rings. The van der Waals surface area contributed by atoms with Crippen molar-refractivity contribution in [2.45, 2.75) is 31.7 Å². The summed E-state index contributed by atoms with van der Waals surface area (Å²) in [6.45, 7) is 7.49. The van der Waals surface area contributed by atoms with Crippen LogP contribution in [0, 0.1) is 0 Å². The fourth-order valence-corrected chi connectivity index (χ4v) is 3.97. The summed E-state index contributed by atoms with van der Waals surface area (Å²) in [5.41, 5.74) is -0.117. The lowest BCUT2D eigenvalue weighted by atomic mass is 10.1. The van der Waals surface area contributed by atoms with Crippen molar-refractivity contribution in [1.82, 2.24) is 10.2 Å². The second-order valence-electron chi connectivity index (χ2n) is 7.93. The van der Waals surface area contributed by atoms with Crippen LogP contribution in [0.2, 0.25) is 0 Å². The molecule has 1 N–H and O–H groups in total. The van der Waals surface area contributed by atoms with E-state index in [9.17, 15) is 21.6 Å². The van der Waals surface area contributed by atoms with E-state index in [1.165, 1.54) is 12.1 Å². The number of anilines is 1. The Balaban J connectivity index is 0.00000450. The molecule has 0 aromatic heterocycles. The fraction of sp³-hybridized carbons (Fsp3) is 0.632. The van der Waals surface area contributed by atoms with E-state index in [2.05, 4.69) is 10.3 Å². The fourth-order valence-electron chi connectivity index (χ4n) is 2.99. The number of hydrogen-bond acceptors (Lipinski definition) is 4. The van der Waals surface area contributed by atoms with E-state index >= 15 is 0 Å². The molecule has 1 heterocycles. The van der Waals surface area contributed by atoms with Gasteiger partial charge in [-0.2, -0.15) is 13.2 Å². The molecule has 172 valence electrons. The van der Waals surface area contributed by atoms with Crippen molar-refractivity contribution < 1.29 is 21.6 Å². The summed E-state index contributed by atoms with van der Waals surface area (Å²) in [5.74, 6) is 0.595. The van der Waals surface area contributed by atoms with Gasteiger partial charge in [-0.3, -0.25) is 4.99 Å². The molecule has 0 bridgehead atoms. The van der Waals surface area contributed by atoms with Crippen LogP contribution in [-0.4, -0.2) is 69.5 Å². The predicted octanol–water partition coefficient (Wildman–Crippen LogP) is 3.23. The van der Waals surface area contributed by atoms with Gasteiger partial charge >= 0.3 is 6.18 Å². The number of halogens is 4. The molecule has 1 aromatic carbocycles. The maximum Gasteiger partial charge on any atom is 0.416 e. The Kier molecular flexibility index (Phi) is 9.27. The number of nitrogens with zero attached hydrogens (tertiary/aromatic N) is 3. The molecule has 1 aliphatic heterocycles. The third kappa shape index (κ3) is 6.89. The zero-order valence-corrected chi connectivity index (χ0v) is 20.8. The Labute approximate surface area is 193 Å². The van der Waals surface area contributed by atoms with Crippen molar-refractivity contribution >= 4 is 45.5 Å². The first-order chi connectivity index (χ1) is 13.3. The molecular formula is C19H30F3IN4O2S. The highest BCUT2D eigenvalue weighted by Gasteiger charge is 2.31. The lowest BCUT2D eigenvalue weighted by Crippen LogP contribution is -2.53. The van der Waals surface area contributed by atoms with Crippen molar-refractivity contribution in [2.24, 2.45) is 4.99 Å². The van der Waals surface area contributed by atoms with Gasteiger partial charge in [0.05, 0.1) is 16.1 Å². The minimum Gasteiger partial charge on any atom is -0.368 e. The first-order valence-electron chi connectivity index (χ1n) is 9.45. The van der Waals surface area contributed by atoms with Crippen LogP contribution in [0.25, 0.3) is 0 Å². The van der Waals surface area contributed by atoms with Gasteiger partial charge in [0.15, 0.2) is 15.8 Å². The summed E-state index contributed by atoms with van der Waals surface area (Å²) in [5, 5.41) is 3.08. The van der Waals surface area contributed by atoms with E-state index in [1.54, 1.807) is 33.9 Å². The lowest BCUT2D eigenvalue weighted by Gasteiger charge is -2.38. The van der Waals surface area contributed by atoms with Gasteiger partial charge in [-0.25, -0.2) is 8.42 Å². The van der Waals surface area contributed by atoms with E-state index in [1.807, 2.05) is 9.80 Å². The Hall–Kier alpha value is -1.24. The Morgan fingerprint density at radius 3 is 2.23 bits per heavy atom. The molecule has 0 saturated carbocycles. The van der Waals surface area contributed by atoms with E-state index in [-0.39, 0.29) is 36.3 Å². The van der Waals surface area contributed by atoms with Gasteiger partial charge < -0.3 is 15.1 Å². The molecule has 0 atom stereocenters. The average Bonchev–Trinajstić information content (AvgIpc) is 2.64. The van der Waals surface area contributed by atoms with Gasteiger partial charge in [0, 0.05) is 45.5 Å². The van der Waals surface area contributed by atoms with Crippen LogP contribution in [0.3, 0.4) is 0 Å². The zero-order chi connectivity index (χ0) is 21.9. The molecular weight excluding hydrogens is 532 g/mol.